The third-order valence-electron chi connectivity index (χ3n) is 4.79. The second kappa shape index (κ2) is 10.4. The quantitative estimate of drug-likeness (QED) is 0.252. The lowest BCUT2D eigenvalue weighted by molar-refractivity contribution is -0.143. The van der Waals surface area contributed by atoms with Crippen LogP contribution in [-0.4, -0.2) is 42.8 Å². The molecule has 1 aromatic rings. The van der Waals surface area contributed by atoms with E-state index >= 15 is 0 Å². The first-order valence-electron chi connectivity index (χ1n) is 9.69. The van der Waals surface area contributed by atoms with Gasteiger partial charge in [-0.3, -0.25) is 19.8 Å². The van der Waals surface area contributed by atoms with Crippen molar-refractivity contribution in [2.24, 2.45) is 11.7 Å². The number of amides is 2. The fraction of sp³-hybridized carbons (Fsp3) is 0.429. The number of ether oxygens (including phenoxy) is 1. The molecule has 4 N–H and O–H groups in total. The molecule has 1 unspecified atom stereocenters. The van der Waals surface area contributed by atoms with Crippen molar-refractivity contribution in [1.29, 1.82) is 5.41 Å². The maximum Gasteiger partial charge on any atom is 0.308 e. The number of benzene rings is 1. The van der Waals surface area contributed by atoms with Crippen LogP contribution in [0.15, 0.2) is 36.9 Å². The molecular formula is C21H28N4O4. The fourth-order valence-electron chi connectivity index (χ4n) is 3.30. The molecule has 0 aliphatic carbocycles. The van der Waals surface area contributed by atoms with Crippen molar-refractivity contribution in [2.75, 3.05) is 18.1 Å². The van der Waals surface area contributed by atoms with Gasteiger partial charge in [0.2, 0.25) is 11.8 Å². The van der Waals surface area contributed by atoms with Gasteiger partial charge in [0.15, 0.2) is 0 Å². The highest BCUT2D eigenvalue weighted by Gasteiger charge is 2.31. The molecule has 0 saturated carbocycles. The van der Waals surface area contributed by atoms with Crippen molar-refractivity contribution in [3.8, 4) is 0 Å². The first kappa shape index (κ1) is 22.1. The molecule has 1 saturated heterocycles. The van der Waals surface area contributed by atoms with Crippen LogP contribution < -0.4 is 16.0 Å². The first-order chi connectivity index (χ1) is 13.8. The lowest BCUT2D eigenvalue weighted by Crippen LogP contribution is -2.44. The number of nitrogen functional groups attached to an aromatic ring is 1. The summed E-state index contributed by atoms with van der Waals surface area (Å²) in [4.78, 5) is 38.6. The number of piperidine rings is 1. The van der Waals surface area contributed by atoms with Crippen LogP contribution in [0.2, 0.25) is 0 Å². The second-order valence-electron chi connectivity index (χ2n) is 6.91. The molecule has 1 aromatic carbocycles. The number of carbonyl (C=O) groups excluding carboxylic acids is 3. The third-order valence-corrected chi connectivity index (χ3v) is 4.79. The minimum atomic E-state index is -0.532. The van der Waals surface area contributed by atoms with E-state index in [1.165, 1.54) is 6.08 Å². The highest BCUT2D eigenvalue weighted by molar-refractivity contribution is 5.99. The van der Waals surface area contributed by atoms with E-state index in [1.807, 2.05) is 0 Å². The Hall–Kier alpha value is -3.16. The first-order valence-corrected chi connectivity index (χ1v) is 9.69. The topological polar surface area (TPSA) is 126 Å². The molecule has 2 atom stereocenters. The molecule has 1 aliphatic heterocycles. The van der Waals surface area contributed by atoms with Crippen LogP contribution in [0.25, 0.3) is 0 Å². The van der Waals surface area contributed by atoms with Crippen LogP contribution in [0.5, 0.6) is 0 Å². The summed E-state index contributed by atoms with van der Waals surface area (Å²) in [6.07, 6.45) is 2.96. The van der Waals surface area contributed by atoms with E-state index in [4.69, 9.17) is 15.9 Å². The van der Waals surface area contributed by atoms with Gasteiger partial charge in [0.1, 0.15) is 5.84 Å². The van der Waals surface area contributed by atoms with Crippen LogP contribution in [0, 0.1) is 11.3 Å². The monoisotopic (exact) mass is 400 g/mol. The maximum absolute atomic E-state index is 12.9. The summed E-state index contributed by atoms with van der Waals surface area (Å²) in [6.45, 7) is 6.21. The van der Waals surface area contributed by atoms with Crippen molar-refractivity contribution >= 4 is 29.3 Å². The number of rotatable bonds is 9. The van der Waals surface area contributed by atoms with Gasteiger partial charge in [-0.25, -0.2) is 0 Å². The zero-order chi connectivity index (χ0) is 21.4. The third kappa shape index (κ3) is 6.17. The van der Waals surface area contributed by atoms with E-state index in [2.05, 4.69) is 11.9 Å². The Kier molecular flexibility index (Phi) is 7.94. The number of nitrogens with zero attached hydrogens (tertiary/aromatic N) is 1. The zero-order valence-electron chi connectivity index (χ0n) is 16.6. The number of anilines is 1. The maximum atomic E-state index is 12.9. The molecule has 1 aliphatic rings. The van der Waals surface area contributed by atoms with Crippen molar-refractivity contribution in [1.82, 2.24) is 5.32 Å². The Balaban J connectivity index is 1.97. The molecule has 0 spiro atoms. The summed E-state index contributed by atoms with van der Waals surface area (Å²) < 4.78 is 4.89. The molecule has 2 amide bonds. The summed E-state index contributed by atoms with van der Waals surface area (Å²) in [7, 11) is 0. The van der Waals surface area contributed by atoms with Crippen molar-refractivity contribution in [2.45, 2.75) is 38.6 Å². The molecule has 0 bridgehead atoms. The number of esters is 1. The van der Waals surface area contributed by atoms with E-state index < -0.39 is 17.9 Å². The number of nitrogens with one attached hydrogen (secondary N) is 2. The average molecular weight is 400 g/mol. The zero-order valence-corrected chi connectivity index (χ0v) is 16.6. The van der Waals surface area contributed by atoms with Crippen LogP contribution in [-0.2, 0) is 19.1 Å². The van der Waals surface area contributed by atoms with E-state index in [-0.39, 0.29) is 37.1 Å². The lowest BCUT2D eigenvalue weighted by Gasteiger charge is -2.32. The SMILES string of the molecule is C=C[C@H](CC(=O)OCC)NC(=O)CC1CCCN(c2ccc(C(=N)N)cc2)C1=O. The van der Waals surface area contributed by atoms with E-state index in [0.717, 1.165) is 12.1 Å². The van der Waals surface area contributed by atoms with E-state index in [1.54, 1.807) is 36.1 Å². The number of amidine groups is 1. The molecular weight excluding hydrogens is 372 g/mol. The average Bonchev–Trinajstić information content (AvgIpc) is 2.69. The van der Waals surface area contributed by atoms with Crippen molar-refractivity contribution < 1.29 is 19.1 Å². The number of carbonyl (C=O) groups is 3. The van der Waals surface area contributed by atoms with Crippen LogP contribution in [0.3, 0.4) is 0 Å². The predicted octanol–water partition coefficient (Wildman–Crippen LogP) is 1.73. The Bertz CT molecular complexity index is 775. The summed E-state index contributed by atoms with van der Waals surface area (Å²) >= 11 is 0. The standard InChI is InChI=1S/C21H28N4O4/c1-3-16(13-19(27)29-4-2)24-18(26)12-15-6-5-11-25(21(15)28)17-9-7-14(8-10-17)20(22)23/h3,7-10,15-16H,1,4-6,11-13H2,2H3,(H3,22,23)(H,24,26)/t15?,16-/m1/s1. The fourth-order valence-corrected chi connectivity index (χ4v) is 3.30. The summed E-state index contributed by atoms with van der Waals surface area (Å²) in [5, 5.41) is 10.2. The minimum absolute atomic E-state index is 0.0102. The number of hydrogen-bond acceptors (Lipinski definition) is 5. The number of nitrogens with two attached hydrogens (primary N) is 1. The van der Waals surface area contributed by atoms with Gasteiger partial charge < -0.3 is 20.7 Å². The number of hydrogen-bond donors (Lipinski definition) is 3. The van der Waals surface area contributed by atoms with Gasteiger partial charge in [-0.2, -0.15) is 0 Å². The van der Waals surface area contributed by atoms with Gasteiger partial charge in [-0.05, 0) is 44.0 Å². The van der Waals surface area contributed by atoms with Gasteiger partial charge in [0.05, 0.1) is 19.1 Å². The largest absolute Gasteiger partial charge is 0.466 e. The van der Waals surface area contributed by atoms with Crippen LogP contribution in [0.4, 0.5) is 5.69 Å². The highest BCUT2D eigenvalue weighted by atomic mass is 16.5. The van der Waals surface area contributed by atoms with Crippen molar-refractivity contribution in [3.05, 3.63) is 42.5 Å². The molecule has 29 heavy (non-hydrogen) atoms. The second-order valence-corrected chi connectivity index (χ2v) is 6.91. The molecule has 1 heterocycles. The van der Waals surface area contributed by atoms with Gasteiger partial charge in [0.25, 0.3) is 0 Å². The normalized spacial score (nSPS) is 17.3. The Morgan fingerprint density at radius 2 is 2.10 bits per heavy atom. The molecule has 156 valence electrons. The molecule has 8 heteroatoms. The van der Waals surface area contributed by atoms with E-state index in [9.17, 15) is 14.4 Å². The van der Waals surface area contributed by atoms with Gasteiger partial charge in [-0.1, -0.05) is 6.08 Å². The molecule has 0 radical (unpaired) electrons. The predicted molar refractivity (Wildman–Crippen MR) is 111 cm³/mol. The summed E-state index contributed by atoms with van der Waals surface area (Å²) in [6, 6.07) is 6.38. The van der Waals surface area contributed by atoms with Crippen LogP contribution >= 0.6 is 0 Å². The highest BCUT2D eigenvalue weighted by Crippen LogP contribution is 2.26. The minimum Gasteiger partial charge on any atom is -0.466 e. The Morgan fingerprint density at radius 3 is 2.69 bits per heavy atom. The smallest absolute Gasteiger partial charge is 0.308 e. The van der Waals surface area contributed by atoms with Gasteiger partial charge in [-0.15, -0.1) is 6.58 Å². The summed E-state index contributed by atoms with van der Waals surface area (Å²) in [5.41, 5.74) is 6.77. The molecule has 0 aromatic heterocycles. The van der Waals surface area contributed by atoms with Gasteiger partial charge >= 0.3 is 5.97 Å². The lowest BCUT2D eigenvalue weighted by atomic mass is 9.92. The van der Waals surface area contributed by atoms with E-state index in [0.29, 0.717) is 18.5 Å². The van der Waals surface area contributed by atoms with Gasteiger partial charge in [0, 0.05) is 30.1 Å². The van der Waals surface area contributed by atoms with Crippen molar-refractivity contribution in [3.63, 3.8) is 0 Å². The summed E-state index contributed by atoms with van der Waals surface area (Å²) in [5.74, 6) is -1.28. The Labute approximate surface area is 170 Å². The Morgan fingerprint density at radius 1 is 1.41 bits per heavy atom. The molecule has 8 nitrogen and oxygen atoms in total. The molecule has 2 rings (SSSR count). The molecule has 1 fully saturated rings. The van der Waals surface area contributed by atoms with Crippen LogP contribution in [0.1, 0.15) is 38.2 Å².